The molecule has 0 saturated carbocycles. The fourth-order valence-corrected chi connectivity index (χ4v) is 5.05. The number of hydrogen-bond acceptors (Lipinski definition) is 5. The molecule has 5 nitrogen and oxygen atoms in total. The monoisotopic (exact) mass is 411 g/mol. The molecular formula is C25H33NO4. The second-order valence-electron chi connectivity index (χ2n) is 8.69. The van der Waals surface area contributed by atoms with Gasteiger partial charge in [-0.15, -0.1) is 0 Å². The number of fused-ring (bicyclic) bond motifs is 2. The summed E-state index contributed by atoms with van der Waals surface area (Å²) in [5, 5.41) is 11.4. The number of piperidine rings is 1. The largest absolute Gasteiger partial charge is 0.493 e. The van der Waals surface area contributed by atoms with Gasteiger partial charge in [0.2, 0.25) is 0 Å². The summed E-state index contributed by atoms with van der Waals surface area (Å²) in [5.74, 6) is 1.50. The van der Waals surface area contributed by atoms with E-state index in [2.05, 4.69) is 48.2 Å². The van der Waals surface area contributed by atoms with E-state index in [9.17, 15) is 5.11 Å². The van der Waals surface area contributed by atoms with Crippen LogP contribution in [-0.2, 0) is 16.9 Å². The fourth-order valence-electron chi connectivity index (χ4n) is 5.05. The van der Waals surface area contributed by atoms with Gasteiger partial charge in [-0.2, -0.15) is 0 Å². The van der Waals surface area contributed by atoms with Crippen LogP contribution in [0.4, 0.5) is 0 Å². The molecule has 4 rings (SSSR count). The molecule has 5 heteroatoms. The van der Waals surface area contributed by atoms with Gasteiger partial charge in [0.25, 0.3) is 0 Å². The molecule has 2 heterocycles. The minimum atomic E-state index is -0.716. The highest BCUT2D eigenvalue weighted by Crippen LogP contribution is 2.46. The molecule has 2 aromatic carbocycles. The topological polar surface area (TPSA) is 51.2 Å². The number of rotatable bonds is 8. The molecule has 0 aliphatic carbocycles. The fraction of sp³-hybridized carbons (Fsp3) is 0.520. The van der Waals surface area contributed by atoms with Crippen molar-refractivity contribution in [2.75, 3.05) is 27.4 Å². The summed E-state index contributed by atoms with van der Waals surface area (Å²) < 4.78 is 16.4. The first-order valence-corrected chi connectivity index (χ1v) is 10.9. The molecule has 0 spiro atoms. The van der Waals surface area contributed by atoms with Crippen LogP contribution in [0.2, 0.25) is 0 Å². The third-order valence-corrected chi connectivity index (χ3v) is 6.64. The summed E-state index contributed by atoms with van der Waals surface area (Å²) in [4.78, 5) is 2.57. The van der Waals surface area contributed by atoms with E-state index in [4.69, 9.17) is 14.2 Å². The van der Waals surface area contributed by atoms with Crippen molar-refractivity contribution >= 4 is 0 Å². The molecule has 2 bridgehead atoms. The molecule has 2 fully saturated rings. The second kappa shape index (κ2) is 8.96. The molecule has 2 aliphatic rings. The number of aliphatic hydroxyl groups is 1. The Morgan fingerprint density at radius 1 is 0.967 bits per heavy atom. The molecule has 1 N–H and O–H groups in total. The Balaban J connectivity index is 1.46. The van der Waals surface area contributed by atoms with Gasteiger partial charge >= 0.3 is 0 Å². The lowest BCUT2D eigenvalue weighted by Gasteiger charge is -2.44. The van der Waals surface area contributed by atoms with Gasteiger partial charge in [0, 0.05) is 25.7 Å². The van der Waals surface area contributed by atoms with E-state index < -0.39 is 5.60 Å². The maximum Gasteiger partial charge on any atom is 0.161 e. The molecule has 1 unspecified atom stereocenters. The van der Waals surface area contributed by atoms with Crippen molar-refractivity contribution < 1.29 is 19.3 Å². The number of methoxy groups -OCH3 is 2. The average Bonchev–Trinajstić information content (AvgIpc) is 2.99. The predicted octanol–water partition coefficient (Wildman–Crippen LogP) is 4.04. The number of benzene rings is 2. The first-order chi connectivity index (χ1) is 14.5. The standard InChI is InChI=1S/C25H33NO4/c1-18-4-7-20(8-5-18)25(27)15-21-9-10-22(16-25)26(21)17-19-6-11-23(24(14-19)29-3)30-13-12-28-2/h4-8,11,14,21-22,27H,9-10,12-13,15-17H2,1-3H3/t21-,22+,25?. The van der Waals surface area contributed by atoms with Crippen molar-refractivity contribution in [1.82, 2.24) is 4.90 Å². The zero-order valence-corrected chi connectivity index (χ0v) is 18.3. The first-order valence-electron chi connectivity index (χ1n) is 10.9. The Labute approximate surface area is 179 Å². The minimum Gasteiger partial charge on any atom is -0.493 e. The Bertz CT molecular complexity index is 837. The average molecular weight is 412 g/mol. The SMILES string of the molecule is COCCOc1ccc(CN2[C@@H]3CC[C@H]2CC(O)(c2ccc(C)cc2)C3)cc1OC. The van der Waals surface area contributed by atoms with E-state index in [-0.39, 0.29) is 0 Å². The number of aryl methyl sites for hydroxylation is 1. The van der Waals surface area contributed by atoms with Crippen molar-refractivity contribution in [3.63, 3.8) is 0 Å². The van der Waals surface area contributed by atoms with Crippen LogP contribution >= 0.6 is 0 Å². The molecule has 2 aromatic rings. The smallest absolute Gasteiger partial charge is 0.161 e. The Morgan fingerprint density at radius 3 is 2.30 bits per heavy atom. The lowest BCUT2D eigenvalue weighted by Crippen LogP contribution is -2.49. The lowest BCUT2D eigenvalue weighted by molar-refractivity contribution is -0.0595. The predicted molar refractivity (Wildman–Crippen MR) is 117 cm³/mol. The number of nitrogens with zero attached hydrogens (tertiary/aromatic N) is 1. The summed E-state index contributed by atoms with van der Waals surface area (Å²) in [6, 6.07) is 15.4. The van der Waals surface area contributed by atoms with Gasteiger partial charge in [0.1, 0.15) is 6.61 Å². The first kappa shape index (κ1) is 21.2. The summed E-state index contributed by atoms with van der Waals surface area (Å²) in [6.07, 6.45) is 3.88. The van der Waals surface area contributed by atoms with Gasteiger partial charge < -0.3 is 19.3 Å². The van der Waals surface area contributed by atoms with Crippen molar-refractivity contribution in [1.29, 1.82) is 0 Å². The molecule has 0 amide bonds. The van der Waals surface area contributed by atoms with Crippen LogP contribution in [0.25, 0.3) is 0 Å². The Morgan fingerprint density at radius 2 is 1.67 bits per heavy atom. The molecule has 3 atom stereocenters. The van der Waals surface area contributed by atoms with Crippen LogP contribution in [0, 0.1) is 6.92 Å². The molecular weight excluding hydrogens is 378 g/mol. The normalized spacial score (nSPS) is 26.0. The van der Waals surface area contributed by atoms with Gasteiger partial charge in [0.15, 0.2) is 11.5 Å². The highest BCUT2D eigenvalue weighted by atomic mass is 16.5. The van der Waals surface area contributed by atoms with Gasteiger partial charge in [-0.3, -0.25) is 4.90 Å². The maximum atomic E-state index is 11.4. The van der Waals surface area contributed by atoms with Crippen LogP contribution in [0.5, 0.6) is 11.5 Å². The third-order valence-electron chi connectivity index (χ3n) is 6.64. The number of ether oxygens (including phenoxy) is 3. The second-order valence-corrected chi connectivity index (χ2v) is 8.69. The van der Waals surface area contributed by atoms with E-state index in [1.54, 1.807) is 14.2 Å². The summed E-state index contributed by atoms with van der Waals surface area (Å²) >= 11 is 0. The van der Waals surface area contributed by atoms with Gasteiger partial charge in [0.05, 0.1) is 19.3 Å². The van der Waals surface area contributed by atoms with Crippen molar-refractivity contribution in [3.8, 4) is 11.5 Å². The molecule has 2 saturated heterocycles. The van der Waals surface area contributed by atoms with Gasteiger partial charge in [-0.05, 0) is 55.9 Å². The lowest BCUT2D eigenvalue weighted by atomic mass is 9.80. The summed E-state index contributed by atoms with van der Waals surface area (Å²) in [5.41, 5.74) is 2.78. The molecule has 0 radical (unpaired) electrons. The number of hydrogen-bond donors (Lipinski definition) is 1. The van der Waals surface area contributed by atoms with Crippen molar-refractivity contribution in [3.05, 3.63) is 59.2 Å². The zero-order chi connectivity index (χ0) is 21.1. The molecule has 2 aliphatic heterocycles. The quantitative estimate of drug-likeness (QED) is 0.665. The van der Waals surface area contributed by atoms with Crippen LogP contribution < -0.4 is 9.47 Å². The highest BCUT2D eigenvalue weighted by molar-refractivity contribution is 5.43. The van der Waals surface area contributed by atoms with Gasteiger partial charge in [-0.25, -0.2) is 0 Å². The van der Waals surface area contributed by atoms with Gasteiger partial charge in [-0.1, -0.05) is 35.9 Å². The Hall–Kier alpha value is -2.08. The van der Waals surface area contributed by atoms with E-state index in [1.165, 1.54) is 11.1 Å². The molecule has 162 valence electrons. The van der Waals surface area contributed by atoms with E-state index in [0.717, 1.165) is 49.3 Å². The van der Waals surface area contributed by atoms with E-state index in [0.29, 0.717) is 25.3 Å². The highest BCUT2D eigenvalue weighted by Gasteiger charge is 2.48. The molecule has 0 aromatic heterocycles. The minimum absolute atomic E-state index is 0.402. The summed E-state index contributed by atoms with van der Waals surface area (Å²) in [6.45, 7) is 4.00. The van der Waals surface area contributed by atoms with Crippen LogP contribution in [0.15, 0.2) is 42.5 Å². The Kier molecular flexibility index (Phi) is 6.32. The van der Waals surface area contributed by atoms with Crippen molar-refractivity contribution in [2.45, 2.75) is 56.8 Å². The van der Waals surface area contributed by atoms with E-state index >= 15 is 0 Å². The van der Waals surface area contributed by atoms with Crippen LogP contribution in [0.1, 0.15) is 42.4 Å². The maximum absolute atomic E-state index is 11.4. The third kappa shape index (κ3) is 4.34. The zero-order valence-electron chi connectivity index (χ0n) is 18.3. The summed E-state index contributed by atoms with van der Waals surface area (Å²) in [7, 11) is 3.34. The molecule has 30 heavy (non-hydrogen) atoms. The van der Waals surface area contributed by atoms with E-state index in [1.807, 2.05) is 6.07 Å². The van der Waals surface area contributed by atoms with Crippen LogP contribution in [0.3, 0.4) is 0 Å². The van der Waals surface area contributed by atoms with Crippen molar-refractivity contribution in [2.24, 2.45) is 0 Å². The van der Waals surface area contributed by atoms with Crippen LogP contribution in [-0.4, -0.2) is 49.5 Å².